The first-order chi connectivity index (χ1) is 10.7. The zero-order valence-corrected chi connectivity index (χ0v) is 13.0. The average molecular weight is 296 g/mol. The van der Waals surface area contributed by atoms with Crippen LogP contribution in [0.1, 0.15) is 41.8 Å². The maximum absolute atomic E-state index is 11.9. The number of imidazole rings is 1. The number of allylic oxidation sites excluding steroid dienone is 2. The molecule has 0 aliphatic heterocycles. The number of hydrogen-bond donors (Lipinski definition) is 0. The van der Waals surface area contributed by atoms with Crippen molar-refractivity contribution in [3.63, 3.8) is 0 Å². The summed E-state index contributed by atoms with van der Waals surface area (Å²) in [7, 11) is 0. The van der Waals surface area contributed by atoms with Gasteiger partial charge >= 0.3 is 5.97 Å². The van der Waals surface area contributed by atoms with Crippen molar-refractivity contribution in [1.29, 1.82) is 0 Å². The van der Waals surface area contributed by atoms with Crippen molar-refractivity contribution < 1.29 is 9.53 Å². The molecular formula is C18H20N2O2. The molecule has 1 aromatic carbocycles. The molecule has 0 amide bonds. The van der Waals surface area contributed by atoms with E-state index >= 15 is 0 Å². The van der Waals surface area contributed by atoms with Crippen molar-refractivity contribution in [3.8, 4) is 0 Å². The van der Waals surface area contributed by atoms with Crippen LogP contribution in [-0.2, 0) is 17.7 Å². The van der Waals surface area contributed by atoms with Gasteiger partial charge in [-0.2, -0.15) is 0 Å². The van der Waals surface area contributed by atoms with Crippen molar-refractivity contribution >= 4 is 11.5 Å². The van der Waals surface area contributed by atoms with E-state index in [2.05, 4.69) is 22.5 Å². The van der Waals surface area contributed by atoms with Crippen LogP contribution in [0.2, 0.25) is 0 Å². The number of carbonyl (C=O) groups excluding carboxylic acids is 1. The van der Waals surface area contributed by atoms with Gasteiger partial charge in [0.25, 0.3) is 0 Å². The standard InChI is InChI=1S/C18H20N2O2/c1-3-22-18(21)15-6-4-14-5-7-16(13(2)17(14)10-15)11-20-9-8-19-12-20/h4,6,8-10,12H,3,5,7,11H2,1-2H3. The van der Waals surface area contributed by atoms with Crippen molar-refractivity contribution in [3.05, 3.63) is 59.2 Å². The third-order valence-electron chi connectivity index (χ3n) is 4.18. The molecule has 4 nitrogen and oxygen atoms in total. The minimum atomic E-state index is -0.250. The second kappa shape index (κ2) is 6.18. The van der Waals surface area contributed by atoms with Gasteiger partial charge in [-0.15, -0.1) is 0 Å². The minimum Gasteiger partial charge on any atom is -0.462 e. The van der Waals surface area contributed by atoms with E-state index in [1.807, 2.05) is 31.6 Å². The van der Waals surface area contributed by atoms with Crippen LogP contribution in [0.4, 0.5) is 0 Å². The van der Waals surface area contributed by atoms with E-state index in [9.17, 15) is 4.79 Å². The van der Waals surface area contributed by atoms with Gasteiger partial charge in [0, 0.05) is 18.9 Å². The lowest BCUT2D eigenvalue weighted by Gasteiger charge is -2.22. The summed E-state index contributed by atoms with van der Waals surface area (Å²) >= 11 is 0. The van der Waals surface area contributed by atoms with E-state index < -0.39 is 0 Å². The highest BCUT2D eigenvalue weighted by Crippen LogP contribution is 2.32. The predicted octanol–water partition coefficient (Wildman–Crippen LogP) is 3.48. The molecule has 22 heavy (non-hydrogen) atoms. The molecule has 2 aromatic rings. The summed E-state index contributed by atoms with van der Waals surface area (Å²) in [4.78, 5) is 16.0. The number of ether oxygens (including phenoxy) is 1. The van der Waals surface area contributed by atoms with Crippen LogP contribution in [0.5, 0.6) is 0 Å². The summed E-state index contributed by atoms with van der Waals surface area (Å²) in [6.07, 6.45) is 7.68. The lowest BCUT2D eigenvalue weighted by Crippen LogP contribution is -2.11. The SMILES string of the molecule is CCOC(=O)c1ccc2c(c1)C(C)=C(Cn1ccnc1)CC2. The van der Waals surface area contributed by atoms with Crippen molar-refractivity contribution in [2.24, 2.45) is 0 Å². The highest BCUT2D eigenvalue weighted by molar-refractivity contribution is 5.91. The van der Waals surface area contributed by atoms with E-state index in [0.717, 1.165) is 19.4 Å². The molecule has 1 aliphatic rings. The Morgan fingerprint density at radius 1 is 1.36 bits per heavy atom. The van der Waals surface area contributed by atoms with Crippen molar-refractivity contribution in [2.45, 2.75) is 33.2 Å². The number of fused-ring (bicyclic) bond motifs is 1. The molecule has 0 N–H and O–H groups in total. The second-order valence-electron chi connectivity index (χ2n) is 5.56. The van der Waals surface area contributed by atoms with Gasteiger partial charge in [0.1, 0.15) is 0 Å². The first-order valence-electron chi connectivity index (χ1n) is 7.64. The third-order valence-corrected chi connectivity index (χ3v) is 4.18. The lowest BCUT2D eigenvalue weighted by molar-refractivity contribution is 0.0526. The summed E-state index contributed by atoms with van der Waals surface area (Å²) in [5.74, 6) is -0.250. The van der Waals surface area contributed by atoms with Crippen LogP contribution in [0, 0.1) is 0 Å². The lowest BCUT2D eigenvalue weighted by atomic mass is 9.85. The molecule has 0 bridgehead atoms. The smallest absolute Gasteiger partial charge is 0.338 e. The molecule has 114 valence electrons. The van der Waals surface area contributed by atoms with Crippen LogP contribution in [0.15, 0.2) is 42.5 Å². The number of hydrogen-bond acceptors (Lipinski definition) is 3. The topological polar surface area (TPSA) is 44.1 Å². The predicted molar refractivity (Wildman–Crippen MR) is 85.5 cm³/mol. The van der Waals surface area contributed by atoms with Crippen molar-refractivity contribution in [2.75, 3.05) is 6.61 Å². The average Bonchev–Trinajstić information content (AvgIpc) is 3.03. The molecule has 0 fully saturated rings. The quantitative estimate of drug-likeness (QED) is 0.811. The molecule has 1 aromatic heterocycles. The maximum Gasteiger partial charge on any atom is 0.338 e. The number of aromatic nitrogens is 2. The maximum atomic E-state index is 11.9. The number of benzene rings is 1. The minimum absolute atomic E-state index is 0.250. The molecule has 1 aliphatic carbocycles. The number of rotatable bonds is 4. The summed E-state index contributed by atoms with van der Waals surface area (Å²) in [6, 6.07) is 5.89. The zero-order chi connectivity index (χ0) is 15.5. The number of carbonyl (C=O) groups is 1. The van der Waals surface area contributed by atoms with E-state index in [-0.39, 0.29) is 5.97 Å². The molecule has 0 unspecified atom stereocenters. The Kier molecular flexibility index (Phi) is 4.09. The molecule has 0 radical (unpaired) electrons. The molecule has 0 spiro atoms. The Morgan fingerprint density at radius 3 is 2.95 bits per heavy atom. The summed E-state index contributed by atoms with van der Waals surface area (Å²) in [5, 5.41) is 0. The Hall–Kier alpha value is -2.36. The van der Waals surface area contributed by atoms with E-state index in [1.165, 1.54) is 22.3 Å². The fraction of sp³-hybridized carbons (Fsp3) is 0.333. The van der Waals surface area contributed by atoms with Crippen LogP contribution in [0.25, 0.3) is 5.57 Å². The number of nitrogens with zero attached hydrogens (tertiary/aromatic N) is 2. The Morgan fingerprint density at radius 2 is 2.23 bits per heavy atom. The van der Waals surface area contributed by atoms with Gasteiger partial charge in [-0.1, -0.05) is 6.07 Å². The van der Waals surface area contributed by atoms with Crippen LogP contribution in [-0.4, -0.2) is 22.1 Å². The van der Waals surface area contributed by atoms with Gasteiger partial charge in [0.15, 0.2) is 0 Å². The van der Waals surface area contributed by atoms with Gasteiger partial charge in [0.2, 0.25) is 0 Å². The first kappa shape index (κ1) is 14.6. The van der Waals surface area contributed by atoms with Gasteiger partial charge in [0.05, 0.1) is 18.5 Å². The van der Waals surface area contributed by atoms with Crippen LogP contribution >= 0.6 is 0 Å². The molecule has 0 saturated carbocycles. The number of aryl methyl sites for hydroxylation is 1. The van der Waals surface area contributed by atoms with Gasteiger partial charge in [-0.3, -0.25) is 0 Å². The fourth-order valence-corrected chi connectivity index (χ4v) is 2.95. The second-order valence-corrected chi connectivity index (χ2v) is 5.56. The van der Waals surface area contributed by atoms with Gasteiger partial charge in [-0.25, -0.2) is 9.78 Å². The molecule has 0 saturated heterocycles. The van der Waals surface area contributed by atoms with E-state index in [4.69, 9.17) is 4.74 Å². The highest BCUT2D eigenvalue weighted by Gasteiger charge is 2.18. The van der Waals surface area contributed by atoms with Gasteiger partial charge in [-0.05, 0) is 61.1 Å². The molecule has 0 atom stereocenters. The normalized spacial score (nSPS) is 13.9. The summed E-state index contributed by atoms with van der Waals surface area (Å²) < 4.78 is 7.18. The van der Waals surface area contributed by atoms with Crippen molar-refractivity contribution in [1.82, 2.24) is 9.55 Å². The fourth-order valence-electron chi connectivity index (χ4n) is 2.95. The Bertz CT molecular complexity index is 715. The van der Waals surface area contributed by atoms with Crippen LogP contribution < -0.4 is 0 Å². The third kappa shape index (κ3) is 2.82. The zero-order valence-electron chi connectivity index (χ0n) is 13.0. The van der Waals surface area contributed by atoms with E-state index in [0.29, 0.717) is 12.2 Å². The molecule has 4 heteroatoms. The van der Waals surface area contributed by atoms with Gasteiger partial charge < -0.3 is 9.30 Å². The largest absolute Gasteiger partial charge is 0.462 e. The highest BCUT2D eigenvalue weighted by atomic mass is 16.5. The number of esters is 1. The Balaban J connectivity index is 1.93. The monoisotopic (exact) mass is 296 g/mol. The molecule has 3 rings (SSSR count). The Labute approximate surface area is 130 Å². The molecule has 1 heterocycles. The first-order valence-corrected chi connectivity index (χ1v) is 7.64. The van der Waals surface area contributed by atoms with Crippen LogP contribution in [0.3, 0.4) is 0 Å². The summed E-state index contributed by atoms with van der Waals surface area (Å²) in [6.45, 7) is 5.22. The van der Waals surface area contributed by atoms with E-state index in [1.54, 1.807) is 6.20 Å². The molecular weight excluding hydrogens is 276 g/mol. The summed E-state index contributed by atoms with van der Waals surface area (Å²) in [5.41, 5.74) is 5.77.